The van der Waals surface area contributed by atoms with Crippen LogP contribution in [-0.4, -0.2) is 38.7 Å². The summed E-state index contributed by atoms with van der Waals surface area (Å²) in [4.78, 5) is 23.6. The molecule has 2 aromatic rings. The molecule has 134 valence electrons. The van der Waals surface area contributed by atoms with E-state index >= 15 is 0 Å². The highest BCUT2D eigenvalue weighted by atomic mass is 35.5. The van der Waals surface area contributed by atoms with Gasteiger partial charge in [0.15, 0.2) is 5.16 Å². The van der Waals surface area contributed by atoms with Crippen molar-refractivity contribution < 1.29 is 4.79 Å². The van der Waals surface area contributed by atoms with Crippen LogP contribution in [0.1, 0.15) is 24.4 Å². The van der Waals surface area contributed by atoms with Gasteiger partial charge in [-0.2, -0.15) is 11.8 Å². The maximum Gasteiger partial charge on any atom is 0.344 e. The molecule has 1 amide bonds. The van der Waals surface area contributed by atoms with Crippen molar-refractivity contribution in [3.05, 3.63) is 45.3 Å². The minimum atomic E-state index is -0.191. The number of nitrogens with zero attached hydrogens (tertiary/aromatic N) is 2. The Morgan fingerprint density at radius 3 is 2.84 bits per heavy atom. The smallest absolute Gasteiger partial charge is 0.344 e. The largest absolute Gasteiger partial charge is 0.355 e. The predicted molar refractivity (Wildman–Crippen MR) is 102 cm³/mol. The van der Waals surface area contributed by atoms with Gasteiger partial charge in [-0.15, -0.1) is 5.10 Å². The van der Waals surface area contributed by atoms with Crippen molar-refractivity contribution in [3.8, 4) is 0 Å². The molecule has 1 aliphatic rings. The van der Waals surface area contributed by atoms with Gasteiger partial charge in [0.25, 0.3) is 0 Å². The SMILES string of the molecule is O=C(CSc1n[nH]c(=O)n1C1CC1)NCCSCc1ccc(Cl)cc1. The maximum absolute atomic E-state index is 11.9. The third kappa shape index (κ3) is 5.55. The Morgan fingerprint density at radius 1 is 1.36 bits per heavy atom. The summed E-state index contributed by atoms with van der Waals surface area (Å²) in [6.45, 7) is 0.619. The van der Waals surface area contributed by atoms with Crippen molar-refractivity contribution in [2.45, 2.75) is 29.8 Å². The number of aromatic nitrogens is 3. The average molecular weight is 399 g/mol. The molecule has 0 aliphatic heterocycles. The molecule has 1 aromatic heterocycles. The summed E-state index contributed by atoms with van der Waals surface area (Å²) in [5, 5.41) is 10.7. The monoisotopic (exact) mass is 398 g/mol. The van der Waals surface area contributed by atoms with Crippen LogP contribution in [0.4, 0.5) is 0 Å². The van der Waals surface area contributed by atoms with Gasteiger partial charge in [0, 0.05) is 29.1 Å². The van der Waals surface area contributed by atoms with Gasteiger partial charge in [0.05, 0.1) is 5.75 Å². The van der Waals surface area contributed by atoms with E-state index in [1.54, 1.807) is 16.3 Å². The molecule has 0 saturated heterocycles. The lowest BCUT2D eigenvalue weighted by Crippen LogP contribution is -2.27. The number of hydrogen-bond acceptors (Lipinski definition) is 5. The van der Waals surface area contributed by atoms with Crippen molar-refractivity contribution >= 4 is 41.0 Å². The molecule has 25 heavy (non-hydrogen) atoms. The van der Waals surface area contributed by atoms with Crippen LogP contribution in [0.25, 0.3) is 0 Å². The molecule has 1 saturated carbocycles. The van der Waals surface area contributed by atoms with Crippen molar-refractivity contribution in [1.82, 2.24) is 20.1 Å². The Bertz CT molecular complexity index is 771. The minimum Gasteiger partial charge on any atom is -0.355 e. The standard InChI is InChI=1S/C16H19ClN4O2S2/c17-12-3-1-11(2-4-12)9-24-8-7-18-14(22)10-25-16-20-19-15(23)21(16)13-5-6-13/h1-4,13H,5-10H2,(H,18,22)(H,19,23). The fraction of sp³-hybridized carbons (Fsp3) is 0.438. The van der Waals surface area contributed by atoms with E-state index in [9.17, 15) is 9.59 Å². The van der Waals surface area contributed by atoms with Gasteiger partial charge >= 0.3 is 5.69 Å². The lowest BCUT2D eigenvalue weighted by molar-refractivity contribution is -0.118. The molecule has 3 rings (SSSR count). The zero-order valence-electron chi connectivity index (χ0n) is 13.5. The fourth-order valence-corrected chi connectivity index (χ4v) is 4.05. The molecule has 0 radical (unpaired) electrons. The summed E-state index contributed by atoms with van der Waals surface area (Å²) in [6.07, 6.45) is 2.01. The van der Waals surface area contributed by atoms with Crippen LogP contribution < -0.4 is 11.0 Å². The number of benzene rings is 1. The molecule has 6 nitrogen and oxygen atoms in total. The summed E-state index contributed by atoms with van der Waals surface area (Å²) < 4.78 is 1.65. The van der Waals surface area contributed by atoms with Crippen LogP contribution in [0.3, 0.4) is 0 Å². The Labute approximate surface area is 159 Å². The van der Waals surface area contributed by atoms with Crippen LogP contribution in [0, 0.1) is 0 Å². The van der Waals surface area contributed by atoms with E-state index in [1.807, 2.05) is 24.3 Å². The summed E-state index contributed by atoms with van der Waals surface area (Å²) >= 11 is 8.91. The number of H-pyrrole nitrogens is 1. The quantitative estimate of drug-likeness (QED) is 0.501. The molecule has 0 atom stereocenters. The van der Waals surface area contributed by atoms with Gasteiger partial charge in [-0.05, 0) is 30.5 Å². The Kier molecular flexibility index (Phi) is 6.50. The van der Waals surface area contributed by atoms with Crippen LogP contribution in [-0.2, 0) is 10.5 Å². The van der Waals surface area contributed by atoms with Gasteiger partial charge in [0.1, 0.15) is 0 Å². The minimum absolute atomic E-state index is 0.0464. The highest BCUT2D eigenvalue weighted by Crippen LogP contribution is 2.35. The van der Waals surface area contributed by atoms with Gasteiger partial charge in [0.2, 0.25) is 5.91 Å². The number of nitrogens with one attached hydrogen (secondary N) is 2. The van der Waals surface area contributed by atoms with Crippen LogP contribution in [0.2, 0.25) is 5.02 Å². The summed E-state index contributed by atoms with van der Waals surface area (Å²) in [7, 11) is 0. The highest BCUT2D eigenvalue weighted by Gasteiger charge is 2.28. The topological polar surface area (TPSA) is 79.8 Å². The van der Waals surface area contributed by atoms with Crippen LogP contribution in [0.5, 0.6) is 0 Å². The second kappa shape index (κ2) is 8.82. The lowest BCUT2D eigenvalue weighted by Gasteiger charge is -2.06. The second-order valence-electron chi connectivity index (χ2n) is 5.73. The number of aromatic amines is 1. The first-order valence-corrected chi connectivity index (χ1v) is 10.5. The van der Waals surface area contributed by atoms with Crippen LogP contribution >= 0.6 is 35.1 Å². The summed E-state index contributed by atoms with van der Waals surface area (Å²) in [6, 6.07) is 8.03. The summed E-state index contributed by atoms with van der Waals surface area (Å²) in [5.74, 6) is 1.95. The maximum atomic E-state index is 11.9. The first-order chi connectivity index (χ1) is 12.1. The van der Waals surface area contributed by atoms with E-state index in [1.165, 1.54) is 17.3 Å². The average Bonchev–Trinajstić information content (AvgIpc) is 3.37. The number of carbonyl (C=O) groups excluding carboxylic acids is 1. The molecule has 0 unspecified atom stereocenters. The van der Waals surface area contributed by atoms with Crippen molar-refractivity contribution in [1.29, 1.82) is 0 Å². The Balaban J connectivity index is 1.32. The molecule has 0 bridgehead atoms. The molecular weight excluding hydrogens is 380 g/mol. The molecule has 2 N–H and O–H groups in total. The third-order valence-corrected chi connectivity index (χ3v) is 5.90. The van der Waals surface area contributed by atoms with Gasteiger partial charge in [-0.3, -0.25) is 9.36 Å². The third-order valence-electron chi connectivity index (χ3n) is 3.67. The zero-order chi connectivity index (χ0) is 17.6. The molecule has 1 heterocycles. The number of rotatable bonds is 9. The van der Waals surface area contributed by atoms with E-state index in [4.69, 9.17) is 11.6 Å². The van der Waals surface area contributed by atoms with Crippen molar-refractivity contribution in [3.63, 3.8) is 0 Å². The highest BCUT2D eigenvalue weighted by molar-refractivity contribution is 7.99. The van der Waals surface area contributed by atoms with Crippen molar-refractivity contribution in [2.75, 3.05) is 18.1 Å². The Morgan fingerprint density at radius 2 is 2.12 bits per heavy atom. The van der Waals surface area contributed by atoms with E-state index < -0.39 is 0 Å². The van der Waals surface area contributed by atoms with E-state index in [-0.39, 0.29) is 23.4 Å². The van der Waals surface area contributed by atoms with Crippen molar-refractivity contribution in [2.24, 2.45) is 0 Å². The zero-order valence-corrected chi connectivity index (χ0v) is 15.9. The van der Waals surface area contributed by atoms with Crippen LogP contribution in [0.15, 0.2) is 34.2 Å². The van der Waals surface area contributed by atoms with Gasteiger partial charge in [-0.1, -0.05) is 35.5 Å². The van der Waals surface area contributed by atoms with E-state index in [2.05, 4.69) is 15.5 Å². The number of carbonyl (C=O) groups is 1. The molecule has 1 aromatic carbocycles. The predicted octanol–water partition coefficient (Wildman–Crippen LogP) is 2.70. The molecular formula is C16H19ClN4O2S2. The molecule has 0 spiro atoms. The Hall–Kier alpha value is -1.38. The van der Waals surface area contributed by atoms with Gasteiger partial charge < -0.3 is 5.32 Å². The van der Waals surface area contributed by atoms with E-state index in [0.29, 0.717) is 11.7 Å². The number of amides is 1. The normalized spacial score (nSPS) is 13.8. The lowest BCUT2D eigenvalue weighted by atomic mass is 10.2. The fourth-order valence-electron chi connectivity index (χ4n) is 2.26. The van der Waals surface area contributed by atoms with E-state index in [0.717, 1.165) is 29.4 Å². The molecule has 1 fully saturated rings. The first-order valence-electron chi connectivity index (χ1n) is 8.02. The molecule has 9 heteroatoms. The van der Waals surface area contributed by atoms with Gasteiger partial charge in [-0.25, -0.2) is 9.89 Å². The first kappa shape index (κ1) is 18.4. The summed E-state index contributed by atoms with van der Waals surface area (Å²) in [5.41, 5.74) is 1.02. The number of thioether (sulfide) groups is 2. The number of hydrogen-bond donors (Lipinski definition) is 2. The second-order valence-corrected chi connectivity index (χ2v) is 8.21. The molecule has 1 aliphatic carbocycles. The number of halogens is 1.